The number of carbonyl (C=O) groups excluding carboxylic acids is 2. The molecule has 2 aromatic heterocycles. The molecule has 0 spiro atoms. The van der Waals surface area contributed by atoms with E-state index >= 15 is 0 Å². The van der Waals surface area contributed by atoms with E-state index in [1.807, 2.05) is 0 Å². The highest BCUT2D eigenvalue weighted by molar-refractivity contribution is 6.23. The number of imide groups is 1. The van der Waals surface area contributed by atoms with E-state index in [1.54, 1.807) is 24.4 Å². The van der Waals surface area contributed by atoms with Gasteiger partial charge in [-0.25, -0.2) is 9.48 Å². The number of carbonyl (C=O) groups is 2. The number of nitro groups is 1. The van der Waals surface area contributed by atoms with Gasteiger partial charge in [0, 0.05) is 18.8 Å². The first-order valence-electron chi connectivity index (χ1n) is 7.67. The summed E-state index contributed by atoms with van der Waals surface area (Å²) >= 11 is 0. The summed E-state index contributed by atoms with van der Waals surface area (Å²) in [7, 11) is 0. The second-order valence-electron chi connectivity index (χ2n) is 5.65. The molecule has 130 valence electrons. The van der Waals surface area contributed by atoms with E-state index in [0.29, 0.717) is 5.65 Å². The lowest BCUT2D eigenvalue weighted by Crippen LogP contribution is -2.35. The zero-order valence-corrected chi connectivity index (χ0v) is 13.2. The molecule has 0 aliphatic carbocycles. The minimum Gasteiger partial charge on any atom is -0.272 e. The van der Waals surface area contributed by atoms with Crippen LogP contribution in [0.4, 0.5) is 5.69 Å². The van der Waals surface area contributed by atoms with E-state index in [-0.39, 0.29) is 24.2 Å². The Bertz CT molecular complexity index is 1150. The number of nitro benzene ring substituents is 1. The van der Waals surface area contributed by atoms with Crippen molar-refractivity contribution in [3.05, 3.63) is 74.3 Å². The Kier molecular flexibility index (Phi) is 3.39. The first kappa shape index (κ1) is 15.7. The van der Waals surface area contributed by atoms with Crippen LogP contribution in [0.5, 0.6) is 0 Å². The first-order valence-corrected chi connectivity index (χ1v) is 7.67. The summed E-state index contributed by atoms with van der Waals surface area (Å²) in [6, 6.07) is 8.99. The van der Waals surface area contributed by atoms with Gasteiger partial charge in [-0.3, -0.25) is 29.0 Å². The maximum atomic E-state index is 12.5. The van der Waals surface area contributed by atoms with Gasteiger partial charge < -0.3 is 0 Å². The molecule has 1 aliphatic heterocycles. The van der Waals surface area contributed by atoms with Crippen molar-refractivity contribution in [3.8, 4) is 0 Å². The summed E-state index contributed by atoms with van der Waals surface area (Å²) in [4.78, 5) is 48.5. The van der Waals surface area contributed by atoms with Crippen LogP contribution in [0.15, 0.2) is 47.4 Å². The van der Waals surface area contributed by atoms with Crippen LogP contribution in [0.25, 0.3) is 5.65 Å². The van der Waals surface area contributed by atoms with Crippen molar-refractivity contribution in [3.63, 3.8) is 0 Å². The molecule has 3 aromatic rings. The number of pyridine rings is 1. The number of amides is 2. The molecule has 0 fully saturated rings. The van der Waals surface area contributed by atoms with Gasteiger partial charge in [-0.05, 0) is 18.2 Å². The minimum absolute atomic E-state index is 0.00783. The van der Waals surface area contributed by atoms with Crippen molar-refractivity contribution >= 4 is 23.1 Å². The van der Waals surface area contributed by atoms with E-state index in [9.17, 15) is 24.5 Å². The lowest BCUT2D eigenvalue weighted by Gasteiger charge is -2.12. The summed E-state index contributed by atoms with van der Waals surface area (Å²) in [6.45, 7) is -0.132. The van der Waals surface area contributed by atoms with Crippen LogP contribution in [0, 0.1) is 10.1 Å². The lowest BCUT2D eigenvalue weighted by atomic mass is 10.1. The zero-order chi connectivity index (χ0) is 18.4. The van der Waals surface area contributed by atoms with Crippen LogP contribution < -0.4 is 5.69 Å². The van der Waals surface area contributed by atoms with Crippen LogP contribution in [0.2, 0.25) is 0 Å². The van der Waals surface area contributed by atoms with Gasteiger partial charge >= 0.3 is 5.69 Å². The van der Waals surface area contributed by atoms with Gasteiger partial charge in [-0.2, -0.15) is 0 Å². The van der Waals surface area contributed by atoms with E-state index in [1.165, 1.54) is 22.6 Å². The monoisotopic (exact) mass is 353 g/mol. The van der Waals surface area contributed by atoms with Crippen molar-refractivity contribution < 1.29 is 14.5 Å². The highest BCUT2D eigenvalue weighted by Crippen LogP contribution is 2.30. The molecule has 0 saturated carbocycles. The predicted molar refractivity (Wildman–Crippen MR) is 87.9 cm³/mol. The Morgan fingerprint density at radius 2 is 1.81 bits per heavy atom. The summed E-state index contributed by atoms with van der Waals surface area (Å²) in [5.41, 5.74) is -0.594. The molecule has 1 aliphatic rings. The molecule has 0 bridgehead atoms. The number of benzene rings is 1. The maximum absolute atomic E-state index is 12.5. The van der Waals surface area contributed by atoms with Gasteiger partial charge in [0.15, 0.2) is 5.65 Å². The van der Waals surface area contributed by atoms with E-state index in [4.69, 9.17) is 0 Å². The largest absolute Gasteiger partial charge is 0.350 e. The fraction of sp³-hybridized carbons (Fsp3) is 0.125. The average Bonchev–Trinajstić information content (AvgIpc) is 3.08. The standard InChI is InChI=1S/C16H11N5O5/c22-14-10-4-3-5-11(21(25)26)13(10)15(23)19(14)8-9-20-16(24)18-7-2-1-6-12(18)17-20/h1-7H,8-9H2. The van der Waals surface area contributed by atoms with Crippen molar-refractivity contribution in [1.29, 1.82) is 0 Å². The third-order valence-electron chi connectivity index (χ3n) is 4.20. The van der Waals surface area contributed by atoms with E-state index in [2.05, 4.69) is 5.10 Å². The van der Waals surface area contributed by atoms with Crippen LogP contribution in [0.3, 0.4) is 0 Å². The highest BCUT2D eigenvalue weighted by Gasteiger charge is 2.40. The van der Waals surface area contributed by atoms with Crippen LogP contribution >= 0.6 is 0 Å². The minimum atomic E-state index is -0.742. The van der Waals surface area contributed by atoms with Gasteiger partial charge in [0.2, 0.25) is 0 Å². The topological polar surface area (TPSA) is 120 Å². The fourth-order valence-electron chi connectivity index (χ4n) is 2.98. The Balaban J connectivity index is 1.63. The fourth-order valence-corrected chi connectivity index (χ4v) is 2.98. The highest BCUT2D eigenvalue weighted by atomic mass is 16.6. The quantitative estimate of drug-likeness (QED) is 0.387. The molecule has 0 unspecified atom stereocenters. The second-order valence-corrected chi connectivity index (χ2v) is 5.65. The van der Waals surface area contributed by atoms with Crippen LogP contribution in [-0.2, 0) is 6.54 Å². The Morgan fingerprint density at radius 3 is 2.54 bits per heavy atom. The number of rotatable bonds is 4. The Hall–Kier alpha value is -3.82. The van der Waals surface area contributed by atoms with Crippen molar-refractivity contribution in [2.45, 2.75) is 6.54 Å². The number of hydrogen-bond donors (Lipinski definition) is 0. The molecule has 10 nitrogen and oxygen atoms in total. The van der Waals surface area contributed by atoms with Gasteiger partial charge in [-0.15, -0.1) is 5.10 Å². The van der Waals surface area contributed by atoms with E-state index < -0.39 is 28.1 Å². The summed E-state index contributed by atoms with van der Waals surface area (Å²) in [5.74, 6) is -1.36. The number of hydrogen-bond acceptors (Lipinski definition) is 6. The van der Waals surface area contributed by atoms with Gasteiger partial charge in [0.25, 0.3) is 17.5 Å². The molecule has 0 atom stereocenters. The molecular weight excluding hydrogens is 342 g/mol. The van der Waals surface area contributed by atoms with Crippen molar-refractivity contribution in [2.24, 2.45) is 0 Å². The van der Waals surface area contributed by atoms with E-state index in [0.717, 1.165) is 9.58 Å². The molecule has 0 radical (unpaired) electrons. The Morgan fingerprint density at radius 1 is 1.00 bits per heavy atom. The molecule has 0 saturated heterocycles. The van der Waals surface area contributed by atoms with Crippen molar-refractivity contribution in [2.75, 3.05) is 6.54 Å². The Labute approximate surface area is 145 Å². The first-order chi connectivity index (χ1) is 12.5. The summed E-state index contributed by atoms with van der Waals surface area (Å²) in [5, 5.41) is 15.2. The van der Waals surface area contributed by atoms with Gasteiger partial charge in [-0.1, -0.05) is 12.1 Å². The molecule has 1 aromatic carbocycles. The number of aromatic nitrogens is 3. The third-order valence-corrected chi connectivity index (χ3v) is 4.20. The molecular formula is C16H11N5O5. The van der Waals surface area contributed by atoms with Crippen molar-refractivity contribution in [1.82, 2.24) is 19.1 Å². The average molecular weight is 353 g/mol. The predicted octanol–water partition coefficient (Wildman–Crippen LogP) is 0.700. The molecule has 3 heterocycles. The second kappa shape index (κ2) is 5.62. The zero-order valence-electron chi connectivity index (χ0n) is 13.2. The van der Waals surface area contributed by atoms with Gasteiger partial charge in [0.1, 0.15) is 5.56 Å². The van der Waals surface area contributed by atoms with Crippen LogP contribution in [0.1, 0.15) is 20.7 Å². The molecule has 2 amide bonds. The molecule has 26 heavy (non-hydrogen) atoms. The normalized spacial score (nSPS) is 13.5. The lowest BCUT2D eigenvalue weighted by molar-refractivity contribution is -0.385. The van der Waals surface area contributed by atoms with Gasteiger partial charge in [0.05, 0.1) is 17.0 Å². The summed E-state index contributed by atoms with van der Waals surface area (Å²) < 4.78 is 2.49. The third kappa shape index (κ3) is 2.19. The molecule has 0 N–H and O–H groups in total. The maximum Gasteiger partial charge on any atom is 0.350 e. The number of nitrogens with zero attached hydrogens (tertiary/aromatic N) is 5. The SMILES string of the molecule is O=C1c2cccc([N+](=O)[O-])c2C(=O)N1CCn1nc2ccccn2c1=O. The molecule has 10 heteroatoms. The molecule has 4 rings (SSSR count). The summed E-state index contributed by atoms with van der Waals surface area (Å²) in [6.07, 6.45) is 1.56. The van der Waals surface area contributed by atoms with Crippen LogP contribution in [-0.4, -0.2) is 42.4 Å². The number of fused-ring (bicyclic) bond motifs is 2. The smallest absolute Gasteiger partial charge is 0.272 e.